The maximum absolute atomic E-state index is 11.7. The maximum Gasteiger partial charge on any atom is 0.303 e. The summed E-state index contributed by atoms with van der Waals surface area (Å²) in [6, 6.07) is 0. The van der Waals surface area contributed by atoms with Crippen molar-refractivity contribution in [1.29, 1.82) is 0 Å². The molecule has 1 heterocycles. The highest BCUT2D eigenvalue weighted by Crippen LogP contribution is 2.30. The monoisotopic (exact) mass is 447 g/mol. The number of unbranched alkanes of at least 4 members (excludes halogenated alkanes) is 3. The summed E-state index contributed by atoms with van der Waals surface area (Å²) in [6.45, 7) is 5.33. The van der Waals surface area contributed by atoms with E-state index in [9.17, 15) is 19.2 Å². The van der Waals surface area contributed by atoms with E-state index in [4.69, 9.17) is 34.2 Å². The van der Waals surface area contributed by atoms with Gasteiger partial charge in [-0.1, -0.05) is 12.8 Å². The first-order valence-electron chi connectivity index (χ1n) is 10.3. The third kappa shape index (κ3) is 10.1. The third-order valence-electron chi connectivity index (χ3n) is 4.33. The number of esters is 4. The van der Waals surface area contributed by atoms with E-state index in [1.807, 2.05) is 0 Å². The molecule has 2 N–H and O–H groups in total. The molecule has 31 heavy (non-hydrogen) atoms. The van der Waals surface area contributed by atoms with Crippen molar-refractivity contribution >= 4 is 23.9 Å². The molecule has 0 amide bonds. The number of hydrogen-bond acceptors (Lipinski definition) is 11. The molecule has 11 heteroatoms. The lowest BCUT2D eigenvalue weighted by Crippen LogP contribution is -2.63. The second-order valence-electron chi connectivity index (χ2n) is 7.14. The largest absolute Gasteiger partial charge is 0.463 e. The van der Waals surface area contributed by atoms with Gasteiger partial charge in [0.25, 0.3) is 0 Å². The van der Waals surface area contributed by atoms with Gasteiger partial charge < -0.3 is 34.2 Å². The van der Waals surface area contributed by atoms with Crippen LogP contribution in [0.4, 0.5) is 0 Å². The van der Waals surface area contributed by atoms with Gasteiger partial charge in [0.15, 0.2) is 24.6 Å². The normalized spacial score (nSPS) is 25.4. The van der Waals surface area contributed by atoms with Gasteiger partial charge in [-0.2, -0.15) is 0 Å². The van der Waals surface area contributed by atoms with Gasteiger partial charge in [0.2, 0.25) is 0 Å². The summed E-state index contributed by atoms with van der Waals surface area (Å²) in [4.78, 5) is 46.4. The number of hydrogen-bond donors (Lipinski definition) is 1. The van der Waals surface area contributed by atoms with Crippen LogP contribution in [0.5, 0.6) is 0 Å². The quantitative estimate of drug-likeness (QED) is 0.254. The van der Waals surface area contributed by atoms with Crippen LogP contribution >= 0.6 is 0 Å². The summed E-state index contributed by atoms with van der Waals surface area (Å²) in [5.41, 5.74) is 5.48. The predicted octanol–water partition coefficient (Wildman–Crippen LogP) is 0.605. The molecule has 0 radical (unpaired) electrons. The Labute approximate surface area is 181 Å². The van der Waals surface area contributed by atoms with Crippen LogP contribution in [0.2, 0.25) is 0 Å². The molecular formula is C20H33NO10. The summed E-state index contributed by atoms with van der Waals surface area (Å²) in [5.74, 6) is -2.61. The van der Waals surface area contributed by atoms with Gasteiger partial charge in [0.05, 0.1) is 0 Å². The Balaban J connectivity index is 3.07. The van der Waals surface area contributed by atoms with Crippen molar-refractivity contribution in [3.8, 4) is 0 Å². The first-order valence-corrected chi connectivity index (χ1v) is 10.3. The predicted molar refractivity (Wildman–Crippen MR) is 105 cm³/mol. The van der Waals surface area contributed by atoms with Crippen molar-refractivity contribution in [2.45, 2.75) is 84.1 Å². The van der Waals surface area contributed by atoms with Crippen LogP contribution < -0.4 is 5.73 Å². The van der Waals surface area contributed by atoms with E-state index in [0.717, 1.165) is 19.3 Å². The van der Waals surface area contributed by atoms with Gasteiger partial charge >= 0.3 is 23.9 Å². The fraction of sp³-hybridized carbons (Fsp3) is 0.800. The molecule has 1 saturated heterocycles. The minimum atomic E-state index is -1.22. The van der Waals surface area contributed by atoms with Crippen molar-refractivity contribution in [2.75, 3.05) is 19.8 Å². The summed E-state index contributed by atoms with van der Waals surface area (Å²) in [6.07, 6.45) is -2.31. The van der Waals surface area contributed by atoms with Gasteiger partial charge in [-0.05, 0) is 19.4 Å². The van der Waals surface area contributed by atoms with E-state index in [2.05, 4.69) is 0 Å². The average Bonchev–Trinajstić information content (AvgIpc) is 2.66. The minimum Gasteiger partial charge on any atom is -0.463 e. The van der Waals surface area contributed by atoms with Gasteiger partial charge in [-0.3, -0.25) is 19.2 Å². The molecule has 1 fully saturated rings. The topological polar surface area (TPSA) is 150 Å². The maximum atomic E-state index is 11.7. The van der Waals surface area contributed by atoms with E-state index >= 15 is 0 Å². The van der Waals surface area contributed by atoms with Gasteiger partial charge in [-0.25, -0.2) is 0 Å². The number of ether oxygens (including phenoxy) is 6. The molecule has 0 spiro atoms. The molecule has 1 aliphatic rings. The Bertz CT molecular complexity index is 611. The fourth-order valence-corrected chi connectivity index (χ4v) is 3.12. The van der Waals surface area contributed by atoms with E-state index < -0.39 is 54.6 Å². The molecule has 178 valence electrons. The lowest BCUT2D eigenvalue weighted by atomic mass is 9.98. The molecule has 0 aromatic heterocycles. The molecule has 0 bridgehead atoms. The zero-order valence-electron chi connectivity index (χ0n) is 18.5. The zero-order valence-corrected chi connectivity index (χ0v) is 18.5. The standard InChI is InChI=1S/C20H33NO10/c1-12(22)27-11-16-17(28-13(2)23)18(29-14(3)24)19(30-15(4)25)20(31-16)26-10-8-6-5-7-9-21/h16-20H,5-11,21H2,1-4H3/t16-,17+,18+,19-,20-/m1/s1. The molecule has 11 nitrogen and oxygen atoms in total. The lowest BCUT2D eigenvalue weighted by molar-refractivity contribution is -0.308. The van der Waals surface area contributed by atoms with Gasteiger partial charge in [0.1, 0.15) is 12.7 Å². The van der Waals surface area contributed by atoms with Crippen LogP contribution in [0.1, 0.15) is 53.4 Å². The van der Waals surface area contributed by atoms with E-state index in [1.54, 1.807) is 0 Å². The summed E-state index contributed by atoms with van der Waals surface area (Å²) in [7, 11) is 0. The number of rotatable bonds is 12. The molecule has 1 aliphatic heterocycles. The summed E-state index contributed by atoms with van der Waals surface area (Å²) >= 11 is 0. The van der Waals surface area contributed by atoms with Crippen LogP contribution in [0.3, 0.4) is 0 Å². The highest BCUT2D eigenvalue weighted by Gasteiger charge is 2.52. The van der Waals surface area contributed by atoms with Crippen molar-refractivity contribution in [3.63, 3.8) is 0 Å². The molecule has 0 saturated carbocycles. The first-order chi connectivity index (χ1) is 14.6. The zero-order chi connectivity index (χ0) is 23.4. The van der Waals surface area contributed by atoms with Crippen LogP contribution in [0, 0.1) is 0 Å². The second-order valence-corrected chi connectivity index (χ2v) is 7.14. The van der Waals surface area contributed by atoms with E-state index in [-0.39, 0.29) is 13.2 Å². The minimum absolute atomic E-state index is 0.276. The Morgan fingerprint density at radius 3 is 1.84 bits per heavy atom. The number of nitrogens with two attached hydrogens (primary N) is 1. The van der Waals surface area contributed by atoms with Crippen LogP contribution in [0.25, 0.3) is 0 Å². The Morgan fingerprint density at radius 2 is 1.29 bits per heavy atom. The lowest BCUT2D eigenvalue weighted by Gasteiger charge is -2.44. The van der Waals surface area contributed by atoms with Gasteiger partial charge in [0, 0.05) is 34.3 Å². The SMILES string of the molecule is CC(=O)OC[C@H]1O[C@@H](OCCCCCCN)[C@H](OC(C)=O)[C@@H](OC(C)=O)[C@H]1OC(C)=O. The van der Waals surface area contributed by atoms with Crippen LogP contribution in [-0.4, -0.2) is 74.3 Å². The highest BCUT2D eigenvalue weighted by atomic mass is 16.7. The fourth-order valence-electron chi connectivity index (χ4n) is 3.12. The Morgan fingerprint density at radius 1 is 0.742 bits per heavy atom. The summed E-state index contributed by atoms with van der Waals surface area (Å²) in [5, 5.41) is 0. The van der Waals surface area contributed by atoms with Crippen molar-refractivity contribution < 1.29 is 47.6 Å². The van der Waals surface area contributed by atoms with E-state index in [1.165, 1.54) is 27.7 Å². The number of carbonyl (C=O) groups excluding carboxylic acids is 4. The highest BCUT2D eigenvalue weighted by molar-refractivity contribution is 5.68. The van der Waals surface area contributed by atoms with E-state index in [0.29, 0.717) is 13.0 Å². The molecule has 5 atom stereocenters. The molecular weight excluding hydrogens is 414 g/mol. The van der Waals surface area contributed by atoms with Gasteiger partial charge in [-0.15, -0.1) is 0 Å². The molecule has 1 rings (SSSR count). The Kier molecular flexibility index (Phi) is 12.1. The van der Waals surface area contributed by atoms with Crippen LogP contribution in [-0.2, 0) is 47.6 Å². The molecule has 0 unspecified atom stereocenters. The number of carbonyl (C=O) groups is 4. The Hall–Kier alpha value is -2.24. The second kappa shape index (κ2) is 13.9. The molecule has 0 aromatic carbocycles. The van der Waals surface area contributed by atoms with Crippen LogP contribution in [0.15, 0.2) is 0 Å². The van der Waals surface area contributed by atoms with Crippen molar-refractivity contribution in [1.82, 2.24) is 0 Å². The first kappa shape index (κ1) is 26.8. The average molecular weight is 447 g/mol. The smallest absolute Gasteiger partial charge is 0.303 e. The van der Waals surface area contributed by atoms with Crippen molar-refractivity contribution in [3.05, 3.63) is 0 Å². The molecule has 0 aromatic rings. The third-order valence-corrected chi connectivity index (χ3v) is 4.33. The summed E-state index contributed by atoms with van der Waals surface area (Å²) < 4.78 is 32.6. The molecule has 0 aliphatic carbocycles. The van der Waals surface area contributed by atoms with Crippen molar-refractivity contribution in [2.24, 2.45) is 5.73 Å².